The summed E-state index contributed by atoms with van der Waals surface area (Å²) >= 11 is 3.36. The molecule has 0 aromatic heterocycles. The van der Waals surface area contributed by atoms with E-state index in [0.717, 1.165) is 21.9 Å². The fourth-order valence-corrected chi connectivity index (χ4v) is 4.44. The van der Waals surface area contributed by atoms with Gasteiger partial charge in [0.2, 0.25) is 15.9 Å². The summed E-state index contributed by atoms with van der Waals surface area (Å²) in [5.41, 5.74) is 2.87. The summed E-state index contributed by atoms with van der Waals surface area (Å²) in [7, 11) is -3.65. The highest BCUT2D eigenvalue weighted by Gasteiger charge is 2.32. The smallest absolute Gasteiger partial charge is 0.248 e. The molecule has 140 valence electrons. The normalized spacial score (nSPS) is 12.5. The third kappa shape index (κ3) is 4.86. The average molecular weight is 439 g/mol. The number of nitrogens with one attached hydrogen (secondary N) is 1. The molecule has 0 saturated heterocycles. The van der Waals surface area contributed by atoms with Crippen LogP contribution in [0.2, 0.25) is 0 Å². The lowest BCUT2D eigenvalue weighted by Gasteiger charge is -2.31. The van der Waals surface area contributed by atoms with Gasteiger partial charge in [-0.2, -0.15) is 0 Å². The molecule has 1 amide bonds. The molecule has 1 N–H and O–H groups in total. The van der Waals surface area contributed by atoms with Crippen LogP contribution in [-0.2, 0) is 14.8 Å². The molecule has 2 rings (SSSR count). The Bertz CT molecular complexity index is 913. The van der Waals surface area contributed by atoms with Crippen LogP contribution < -0.4 is 9.62 Å². The third-order valence-electron chi connectivity index (χ3n) is 4.02. The molecule has 0 aliphatic carbocycles. The monoisotopic (exact) mass is 438 g/mol. The number of hydrogen-bond acceptors (Lipinski definition) is 3. The minimum absolute atomic E-state index is 0.348. The van der Waals surface area contributed by atoms with Crippen LogP contribution in [0.1, 0.15) is 24.5 Å². The number of carbonyl (C=O) groups excluding carboxylic acids is 1. The first-order valence-electron chi connectivity index (χ1n) is 8.26. The van der Waals surface area contributed by atoms with Gasteiger partial charge in [0, 0.05) is 10.2 Å². The molecule has 0 unspecified atom stereocenters. The van der Waals surface area contributed by atoms with Crippen molar-refractivity contribution in [3.8, 4) is 0 Å². The maximum Gasteiger partial charge on any atom is 0.248 e. The molecule has 0 saturated carbocycles. The molecule has 0 spiro atoms. The van der Waals surface area contributed by atoms with Crippen molar-refractivity contribution < 1.29 is 13.2 Å². The highest BCUT2D eigenvalue weighted by Crippen LogP contribution is 2.28. The Labute approximate surface area is 163 Å². The van der Waals surface area contributed by atoms with Crippen molar-refractivity contribution in [3.05, 3.63) is 58.1 Å². The molecule has 7 heteroatoms. The predicted octanol–water partition coefficient (Wildman–Crippen LogP) is 4.25. The molecule has 2 aromatic rings. The maximum absolute atomic E-state index is 12.9. The second-order valence-corrected chi connectivity index (χ2v) is 9.05. The van der Waals surface area contributed by atoms with Crippen LogP contribution >= 0.6 is 15.9 Å². The topological polar surface area (TPSA) is 66.5 Å². The highest BCUT2D eigenvalue weighted by molar-refractivity contribution is 9.10. The molecule has 0 fully saturated rings. The molecule has 0 bridgehead atoms. The van der Waals surface area contributed by atoms with Crippen molar-refractivity contribution in [2.24, 2.45) is 0 Å². The van der Waals surface area contributed by atoms with E-state index in [-0.39, 0.29) is 5.91 Å². The van der Waals surface area contributed by atoms with Gasteiger partial charge < -0.3 is 5.32 Å². The number of hydrogen-bond donors (Lipinski definition) is 1. The third-order valence-corrected chi connectivity index (χ3v) is 5.68. The van der Waals surface area contributed by atoms with Crippen LogP contribution in [0.3, 0.4) is 0 Å². The lowest BCUT2D eigenvalue weighted by molar-refractivity contribution is -0.117. The Hall–Kier alpha value is -1.86. The van der Waals surface area contributed by atoms with Gasteiger partial charge in [-0.15, -0.1) is 0 Å². The summed E-state index contributed by atoms with van der Waals surface area (Å²) in [5, 5.41) is 2.82. The molecular formula is C19H23BrN2O3S. The fourth-order valence-electron chi connectivity index (χ4n) is 2.78. The summed E-state index contributed by atoms with van der Waals surface area (Å²) in [6.07, 6.45) is 1.48. The van der Waals surface area contributed by atoms with Gasteiger partial charge >= 0.3 is 0 Å². The van der Waals surface area contributed by atoms with E-state index in [1.807, 2.05) is 32.0 Å². The molecule has 1 atom stereocenters. The number of sulfonamides is 1. The first kappa shape index (κ1) is 20.5. The van der Waals surface area contributed by atoms with Gasteiger partial charge in [-0.05, 0) is 55.7 Å². The van der Waals surface area contributed by atoms with Crippen molar-refractivity contribution in [2.45, 2.75) is 33.2 Å². The van der Waals surface area contributed by atoms with Gasteiger partial charge in [-0.25, -0.2) is 8.42 Å². The Morgan fingerprint density at radius 2 is 1.88 bits per heavy atom. The second-order valence-electron chi connectivity index (χ2n) is 6.27. The number of benzene rings is 2. The van der Waals surface area contributed by atoms with Gasteiger partial charge in [0.15, 0.2) is 0 Å². The fraction of sp³-hybridized carbons (Fsp3) is 0.316. The lowest BCUT2D eigenvalue weighted by Crippen LogP contribution is -2.47. The Morgan fingerprint density at radius 1 is 1.19 bits per heavy atom. The van der Waals surface area contributed by atoms with E-state index in [4.69, 9.17) is 0 Å². The zero-order chi connectivity index (χ0) is 19.5. The van der Waals surface area contributed by atoms with Crippen molar-refractivity contribution in [3.63, 3.8) is 0 Å². The average Bonchev–Trinajstić information content (AvgIpc) is 2.53. The first-order valence-corrected chi connectivity index (χ1v) is 10.9. The van der Waals surface area contributed by atoms with Crippen molar-refractivity contribution in [1.82, 2.24) is 0 Å². The number of halogens is 1. The number of carbonyl (C=O) groups is 1. The number of rotatable bonds is 6. The second kappa shape index (κ2) is 8.22. The number of aryl methyl sites for hydroxylation is 2. The van der Waals surface area contributed by atoms with Gasteiger partial charge in [0.1, 0.15) is 6.04 Å². The van der Waals surface area contributed by atoms with E-state index in [1.165, 1.54) is 4.31 Å². The first-order chi connectivity index (χ1) is 12.1. The van der Waals surface area contributed by atoms with Crippen molar-refractivity contribution in [1.29, 1.82) is 0 Å². The van der Waals surface area contributed by atoms with Crippen LogP contribution in [0.25, 0.3) is 0 Å². The standard InChI is InChI=1S/C19H23BrN2O3S/c1-5-17(19(23)21-16-8-6-7-15(20)12-16)22(26(4,24)25)18-11-13(2)9-10-14(18)3/h6-12,17H,5H2,1-4H3,(H,21,23)/t17-/m0/s1. The summed E-state index contributed by atoms with van der Waals surface area (Å²) in [5.74, 6) is -0.364. The quantitative estimate of drug-likeness (QED) is 0.732. The van der Waals surface area contributed by atoms with Crippen LogP contribution in [0.5, 0.6) is 0 Å². The molecular weight excluding hydrogens is 416 g/mol. The number of amides is 1. The molecule has 2 aromatic carbocycles. The summed E-state index contributed by atoms with van der Waals surface area (Å²) < 4.78 is 27.1. The van der Waals surface area contributed by atoms with E-state index >= 15 is 0 Å². The molecule has 0 radical (unpaired) electrons. The molecule has 5 nitrogen and oxygen atoms in total. The van der Waals surface area contributed by atoms with Crippen molar-refractivity contribution >= 4 is 43.2 Å². The van der Waals surface area contributed by atoms with Gasteiger partial charge in [-0.1, -0.05) is 41.1 Å². The highest BCUT2D eigenvalue weighted by atomic mass is 79.9. The Kier molecular flexibility index (Phi) is 6.47. The minimum atomic E-state index is -3.65. The molecule has 0 heterocycles. The minimum Gasteiger partial charge on any atom is -0.324 e. The van der Waals surface area contributed by atoms with E-state index in [1.54, 1.807) is 31.2 Å². The maximum atomic E-state index is 12.9. The SMILES string of the molecule is CC[C@@H](C(=O)Nc1cccc(Br)c1)N(c1cc(C)ccc1C)S(C)(=O)=O. The van der Waals surface area contributed by atoms with E-state index in [9.17, 15) is 13.2 Å². The lowest BCUT2D eigenvalue weighted by atomic mass is 10.1. The molecule has 0 aliphatic heterocycles. The number of anilines is 2. The van der Waals surface area contributed by atoms with Crippen LogP contribution in [0, 0.1) is 13.8 Å². The van der Waals surface area contributed by atoms with Crippen LogP contribution in [0.4, 0.5) is 11.4 Å². The van der Waals surface area contributed by atoms with Gasteiger partial charge in [0.05, 0.1) is 11.9 Å². The molecule has 26 heavy (non-hydrogen) atoms. The largest absolute Gasteiger partial charge is 0.324 e. The van der Waals surface area contributed by atoms with Crippen LogP contribution in [-0.4, -0.2) is 26.6 Å². The Morgan fingerprint density at radius 3 is 2.46 bits per heavy atom. The summed E-state index contributed by atoms with van der Waals surface area (Å²) in [4.78, 5) is 12.9. The van der Waals surface area contributed by atoms with Crippen LogP contribution in [0.15, 0.2) is 46.9 Å². The van der Waals surface area contributed by atoms with E-state index in [0.29, 0.717) is 17.8 Å². The zero-order valence-electron chi connectivity index (χ0n) is 15.3. The summed E-state index contributed by atoms with van der Waals surface area (Å²) in [6.45, 7) is 5.53. The zero-order valence-corrected chi connectivity index (χ0v) is 17.7. The van der Waals surface area contributed by atoms with Crippen molar-refractivity contribution in [2.75, 3.05) is 15.9 Å². The Balaban J connectivity index is 2.44. The number of nitrogens with zero attached hydrogens (tertiary/aromatic N) is 1. The summed E-state index contributed by atoms with van der Waals surface area (Å²) in [6, 6.07) is 11.9. The van der Waals surface area contributed by atoms with E-state index < -0.39 is 16.1 Å². The van der Waals surface area contributed by atoms with E-state index in [2.05, 4.69) is 21.2 Å². The molecule has 0 aliphatic rings. The van der Waals surface area contributed by atoms with Gasteiger partial charge in [0.25, 0.3) is 0 Å². The van der Waals surface area contributed by atoms with Gasteiger partial charge in [-0.3, -0.25) is 9.10 Å². The predicted molar refractivity (Wildman–Crippen MR) is 110 cm³/mol.